The van der Waals surface area contributed by atoms with Gasteiger partial charge in [-0.25, -0.2) is 22.4 Å². The maximum Gasteiger partial charge on any atom is 0.341 e. The molecule has 0 saturated heterocycles. The van der Waals surface area contributed by atoms with Gasteiger partial charge >= 0.3 is 5.97 Å². The van der Waals surface area contributed by atoms with E-state index in [1.165, 1.54) is 36.4 Å². The van der Waals surface area contributed by atoms with Crippen LogP contribution in [-0.4, -0.2) is 17.7 Å². The van der Waals surface area contributed by atoms with Crippen LogP contribution in [0.2, 0.25) is 0 Å². The molecule has 0 bridgehead atoms. The van der Waals surface area contributed by atoms with E-state index in [1.807, 2.05) is 0 Å². The van der Waals surface area contributed by atoms with Crippen LogP contribution < -0.4 is 4.74 Å². The third kappa shape index (κ3) is 4.93. The number of aliphatic carboxylic acids is 1. The zero-order chi connectivity index (χ0) is 21.0. The van der Waals surface area contributed by atoms with Gasteiger partial charge in [0, 0.05) is 5.56 Å². The van der Waals surface area contributed by atoms with E-state index >= 15 is 0 Å². The molecule has 0 amide bonds. The number of rotatable bonds is 7. The van der Waals surface area contributed by atoms with Crippen LogP contribution in [0.5, 0.6) is 5.75 Å². The summed E-state index contributed by atoms with van der Waals surface area (Å²) in [5.41, 5.74) is 0.999. The quantitative estimate of drug-likeness (QED) is 0.554. The van der Waals surface area contributed by atoms with Gasteiger partial charge in [0.05, 0.1) is 0 Å². The molecule has 7 heteroatoms. The first kappa shape index (κ1) is 20.4. The number of carboxylic acid groups (broad SMARTS) is 1. The van der Waals surface area contributed by atoms with Crippen molar-refractivity contribution in [1.82, 2.24) is 0 Å². The third-order valence-electron chi connectivity index (χ3n) is 4.35. The standard InChI is InChI=1S/C22H16F4O3/c23-16-3-1-2-13(11-16)14-5-7-18(24)15(10-14)4-6-17-19(25)8-9-20(22(17)26)29-12-21(27)28/h1-3,5,7-11H,4,6,12H2,(H,27,28). The largest absolute Gasteiger partial charge is 0.479 e. The minimum Gasteiger partial charge on any atom is -0.479 e. The van der Waals surface area contributed by atoms with Crippen molar-refractivity contribution in [1.29, 1.82) is 0 Å². The number of carbonyl (C=O) groups is 1. The molecule has 3 rings (SSSR count). The minimum atomic E-state index is -1.30. The molecule has 0 aliphatic rings. The van der Waals surface area contributed by atoms with Crippen molar-refractivity contribution in [3.05, 3.63) is 89.0 Å². The highest BCUT2D eigenvalue weighted by Gasteiger charge is 2.17. The van der Waals surface area contributed by atoms with Crippen molar-refractivity contribution in [2.45, 2.75) is 12.8 Å². The highest BCUT2D eigenvalue weighted by atomic mass is 19.1. The second-order valence-electron chi connectivity index (χ2n) is 6.34. The van der Waals surface area contributed by atoms with E-state index in [0.29, 0.717) is 11.1 Å². The van der Waals surface area contributed by atoms with Crippen LogP contribution in [0.1, 0.15) is 11.1 Å². The molecule has 3 aromatic rings. The van der Waals surface area contributed by atoms with E-state index in [1.54, 1.807) is 6.07 Å². The predicted octanol–water partition coefficient (Wildman–Crippen LogP) is 5.16. The van der Waals surface area contributed by atoms with Crippen molar-refractivity contribution >= 4 is 5.97 Å². The molecule has 1 N–H and O–H groups in total. The Kier molecular flexibility index (Phi) is 6.16. The molecule has 3 nitrogen and oxygen atoms in total. The SMILES string of the molecule is O=C(O)COc1ccc(F)c(CCc2cc(-c3cccc(F)c3)ccc2F)c1F. The molecule has 3 aromatic carbocycles. The molecule has 0 spiro atoms. The highest BCUT2D eigenvalue weighted by Crippen LogP contribution is 2.27. The fourth-order valence-electron chi connectivity index (χ4n) is 2.93. The Hall–Kier alpha value is -3.35. The van der Waals surface area contributed by atoms with Crippen molar-refractivity contribution < 1.29 is 32.2 Å². The topological polar surface area (TPSA) is 46.5 Å². The van der Waals surface area contributed by atoms with Crippen LogP contribution in [0, 0.1) is 23.3 Å². The molecule has 0 heterocycles. The molecule has 0 aromatic heterocycles. The highest BCUT2D eigenvalue weighted by molar-refractivity contribution is 5.68. The molecular weight excluding hydrogens is 388 g/mol. The van der Waals surface area contributed by atoms with E-state index in [-0.39, 0.29) is 24.0 Å². The van der Waals surface area contributed by atoms with Crippen LogP contribution in [0.4, 0.5) is 17.6 Å². The number of benzene rings is 3. The Labute approximate surface area is 164 Å². The number of hydrogen-bond donors (Lipinski definition) is 1. The zero-order valence-corrected chi connectivity index (χ0v) is 15.1. The smallest absolute Gasteiger partial charge is 0.341 e. The lowest BCUT2D eigenvalue weighted by atomic mass is 9.98. The van der Waals surface area contributed by atoms with Crippen LogP contribution in [-0.2, 0) is 17.6 Å². The molecular formula is C22H16F4O3. The summed E-state index contributed by atoms with van der Waals surface area (Å²) in [6.45, 7) is -0.772. The zero-order valence-electron chi connectivity index (χ0n) is 15.1. The Balaban J connectivity index is 1.83. The van der Waals surface area contributed by atoms with Crippen LogP contribution in [0.15, 0.2) is 54.6 Å². The summed E-state index contributed by atoms with van der Waals surface area (Å²) in [6.07, 6.45) is -0.198. The molecule has 150 valence electrons. The number of hydrogen-bond acceptors (Lipinski definition) is 2. The van der Waals surface area contributed by atoms with E-state index in [2.05, 4.69) is 0 Å². The lowest BCUT2D eigenvalue weighted by molar-refractivity contribution is -0.139. The maximum atomic E-state index is 14.5. The molecule has 0 saturated carbocycles. The Bertz CT molecular complexity index is 1050. The van der Waals surface area contributed by atoms with Gasteiger partial charge in [0.15, 0.2) is 18.2 Å². The number of carboxylic acids is 1. The van der Waals surface area contributed by atoms with E-state index in [9.17, 15) is 22.4 Å². The summed E-state index contributed by atoms with van der Waals surface area (Å²) in [4.78, 5) is 10.6. The van der Waals surface area contributed by atoms with Gasteiger partial charge in [-0.05, 0) is 65.9 Å². The molecule has 0 aliphatic heterocycles. The predicted molar refractivity (Wildman–Crippen MR) is 98.7 cm³/mol. The monoisotopic (exact) mass is 404 g/mol. The van der Waals surface area contributed by atoms with Crippen molar-refractivity contribution in [2.75, 3.05) is 6.61 Å². The summed E-state index contributed by atoms with van der Waals surface area (Å²) in [7, 11) is 0. The second-order valence-corrected chi connectivity index (χ2v) is 6.34. The van der Waals surface area contributed by atoms with Gasteiger partial charge < -0.3 is 9.84 Å². The minimum absolute atomic E-state index is 0.0226. The van der Waals surface area contributed by atoms with Crippen molar-refractivity contribution in [3.8, 4) is 16.9 Å². The molecule has 0 radical (unpaired) electrons. The third-order valence-corrected chi connectivity index (χ3v) is 4.35. The van der Waals surface area contributed by atoms with Gasteiger partial charge in [-0.1, -0.05) is 18.2 Å². The van der Waals surface area contributed by atoms with Gasteiger partial charge in [0.2, 0.25) is 0 Å². The first-order chi connectivity index (χ1) is 13.8. The van der Waals surface area contributed by atoms with E-state index in [0.717, 1.165) is 12.1 Å². The van der Waals surface area contributed by atoms with Gasteiger partial charge in [-0.2, -0.15) is 0 Å². The molecule has 0 atom stereocenters. The van der Waals surface area contributed by atoms with E-state index in [4.69, 9.17) is 9.84 Å². The normalized spacial score (nSPS) is 10.8. The summed E-state index contributed by atoms with van der Waals surface area (Å²) >= 11 is 0. The van der Waals surface area contributed by atoms with Crippen LogP contribution in [0.3, 0.4) is 0 Å². The molecule has 0 unspecified atom stereocenters. The first-order valence-corrected chi connectivity index (χ1v) is 8.71. The summed E-state index contributed by atoms with van der Waals surface area (Å²) in [5, 5.41) is 8.62. The number of ether oxygens (including phenoxy) is 1. The molecule has 0 aliphatic carbocycles. The lowest BCUT2D eigenvalue weighted by Crippen LogP contribution is -2.11. The Morgan fingerprint density at radius 3 is 2.31 bits per heavy atom. The Morgan fingerprint density at radius 2 is 1.59 bits per heavy atom. The Morgan fingerprint density at radius 1 is 0.862 bits per heavy atom. The summed E-state index contributed by atoms with van der Waals surface area (Å²) < 4.78 is 61.0. The number of halogens is 4. The lowest BCUT2D eigenvalue weighted by Gasteiger charge is -2.11. The molecule has 0 fully saturated rings. The number of aryl methyl sites for hydroxylation is 1. The van der Waals surface area contributed by atoms with Crippen molar-refractivity contribution in [2.24, 2.45) is 0 Å². The molecule has 29 heavy (non-hydrogen) atoms. The summed E-state index contributed by atoms with van der Waals surface area (Å²) in [5.74, 6) is -4.54. The fraction of sp³-hybridized carbons (Fsp3) is 0.136. The van der Waals surface area contributed by atoms with Gasteiger partial charge in [-0.3, -0.25) is 0 Å². The average molecular weight is 404 g/mol. The van der Waals surface area contributed by atoms with Crippen molar-refractivity contribution in [3.63, 3.8) is 0 Å². The fourth-order valence-corrected chi connectivity index (χ4v) is 2.93. The van der Waals surface area contributed by atoms with Crippen LogP contribution >= 0.6 is 0 Å². The van der Waals surface area contributed by atoms with E-state index < -0.39 is 41.6 Å². The van der Waals surface area contributed by atoms with Gasteiger partial charge in [0.1, 0.15) is 17.5 Å². The second kappa shape index (κ2) is 8.77. The maximum absolute atomic E-state index is 14.5. The van der Waals surface area contributed by atoms with Gasteiger partial charge in [0.25, 0.3) is 0 Å². The average Bonchev–Trinajstić information content (AvgIpc) is 2.68. The first-order valence-electron chi connectivity index (χ1n) is 8.71. The van der Waals surface area contributed by atoms with Gasteiger partial charge in [-0.15, -0.1) is 0 Å². The summed E-state index contributed by atoms with van der Waals surface area (Å²) in [6, 6.07) is 12.0. The van der Waals surface area contributed by atoms with Crippen LogP contribution in [0.25, 0.3) is 11.1 Å².